The average Bonchev–Trinajstić information content (AvgIpc) is 2.59. The summed E-state index contributed by atoms with van der Waals surface area (Å²) in [4.78, 5) is 0. The molecule has 2 rings (SSSR count). The summed E-state index contributed by atoms with van der Waals surface area (Å²) < 4.78 is 5.82. The lowest BCUT2D eigenvalue weighted by molar-refractivity contribution is 0.304. The van der Waals surface area contributed by atoms with Gasteiger partial charge in [-0.05, 0) is 36.1 Å². The molecule has 0 aliphatic carbocycles. The van der Waals surface area contributed by atoms with Crippen LogP contribution in [0.4, 0.5) is 0 Å². The van der Waals surface area contributed by atoms with Gasteiger partial charge >= 0.3 is 0 Å². The molecule has 0 bridgehead atoms. The van der Waals surface area contributed by atoms with Crippen molar-refractivity contribution in [2.45, 2.75) is 38.5 Å². The fourth-order valence-electron chi connectivity index (χ4n) is 2.47. The molecular weight excluding hydrogens is 336 g/mol. The molecule has 1 nitrogen and oxygen atoms in total. The number of hydrogen-bond acceptors (Lipinski definition) is 1. The van der Waals surface area contributed by atoms with Gasteiger partial charge in [-0.1, -0.05) is 84.1 Å². The zero-order valence-electron chi connectivity index (χ0n) is 13.1. The van der Waals surface area contributed by atoms with E-state index in [9.17, 15) is 0 Å². The highest BCUT2D eigenvalue weighted by atomic mass is 79.9. The van der Waals surface area contributed by atoms with E-state index in [0.29, 0.717) is 0 Å². The Balaban J connectivity index is 1.65. The zero-order valence-corrected chi connectivity index (χ0v) is 14.7. The van der Waals surface area contributed by atoms with E-state index >= 15 is 0 Å². The maximum atomic E-state index is 5.82. The molecule has 2 aromatic carbocycles. The Labute approximate surface area is 142 Å². The van der Waals surface area contributed by atoms with Gasteiger partial charge in [0.25, 0.3) is 0 Å². The Morgan fingerprint density at radius 3 is 1.91 bits per heavy atom. The van der Waals surface area contributed by atoms with E-state index < -0.39 is 0 Å². The van der Waals surface area contributed by atoms with Crippen LogP contribution in [0.25, 0.3) is 11.1 Å². The van der Waals surface area contributed by atoms with Crippen LogP contribution in [-0.4, -0.2) is 11.9 Å². The van der Waals surface area contributed by atoms with Gasteiger partial charge in [-0.15, -0.1) is 0 Å². The first-order valence-electron chi connectivity index (χ1n) is 8.24. The van der Waals surface area contributed by atoms with Crippen LogP contribution in [0.1, 0.15) is 38.5 Å². The second kappa shape index (κ2) is 10.4. The molecule has 0 N–H and O–H groups in total. The molecule has 0 atom stereocenters. The van der Waals surface area contributed by atoms with Crippen LogP contribution in [0, 0.1) is 0 Å². The van der Waals surface area contributed by atoms with Crippen LogP contribution >= 0.6 is 15.9 Å². The molecule has 0 spiro atoms. The van der Waals surface area contributed by atoms with Crippen molar-refractivity contribution in [1.82, 2.24) is 0 Å². The van der Waals surface area contributed by atoms with Crippen LogP contribution in [-0.2, 0) is 0 Å². The fraction of sp³-hybridized carbons (Fsp3) is 0.400. The molecule has 0 aliphatic rings. The van der Waals surface area contributed by atoms with Crippen LogP contribution < -0.4 is 4.74 Å². The van der Waals surface area contributed by atoms with Gasteiger partial charge in [0, 0.05) is 5.33 Å². The number of alkyl halides is 1. The first-order chi connectivity index (χ1) is 10.9. The summed E-state index contributed by atoms with van der Waals surface area (Å²) >= 11 is 3.47. The third kappa shape index (κ3) is 6.23. The van der Waals surface area contributed by atoms with E-state index in [2.05, 4.69) is 64.5 Å². The average molecular weight is 361 g/mol. The lowest BCUT2D eigenvalue weighted by atomic mass is 10.1. The van der Waals surface area contributed by atoms with Crippen LogP contribution in [0.2, 0.25) is 0 Å². The van der Waals surface area contributed by atoms with Gasteiger partial charge in [-0.25, -0.2) is 0 Å². The van der Waals surface area contributed by atoms with Crippen molar-refractivity contribution < 1.29 is 4.74 Å². The molecule has 0 unspecified atom stereocenters. The Bertz CT molecular complexity index is 507. The molecule has 0 heterocycles. The van der Waals surface area contributed by atoms with Gasteiger partial charge in [0.15, 0.2) is 0 Å². The minimum Gasteiger partial charge on any atom is -0.494 e. The highest BCUT2D eigenvalue weighted by molar-refractivity contribution is 9.09. The molecule has 2 heteroatoms. The molecule has 22 heavy (non-hydrogen) atoms. The molecule has 118 valence electrons. The number of hydrogen-bond donors (Lipinski definition) is 0. The molecule has 0 fully saturated rings. The van der Waals surface area contributed by atoms with E-state index in [-0.39, 0.29) is 0 Å². The minimum atomic E-state index is 0.823. The highest BCUT2D eigenvalue weighted by Gasteiger charge is 1.98. The molecule has 0 amide bonds. The molecule has 0 saturated heterocycles. The predicted octanol–water partition coefficient (Wildman–Crippen LogP) is 6.47. The summed E-state index contributed by atoms with van der Waals surface area (Å²) in [5, 5.41) is 1.13. The van der Waals surface area contributed by atoms with E-state index in [1.165, 1.54) is 43.2 Å². The summed E-state index contributed by atoms with van der Waals surface area (Å²) in [6.07, 6.45) is 7.72. The summed E-state index contributed by atoms with van der Waals surface area (Å²) in [7, 11) is 0. The van der Waals surface area contributed by atoms with Crippen LogP contribution in [0.3, 0.4) is 0 Å². The summed E-state index contributed by atoms with van der Waals surface area (Å²) in [6.45, 7) is 0.823. The normalized spacial score (nSPS) is 10.6. The van der Waals surface area contributed by atoms with Gasteiger partial charge in [0.2, 0.25) is 0 Å². The molecular formula is C20H25BrO. The van der Waals surface area contributed by atoms with E-state index in [1.807, 2.05) is 6.07 Å². The zero-order chi connectivity index (χ0) is 15.5. The minimum absolute atomic E-state index is 0.823. The van der Waals surface area contributed by atoms with Crippen molar-refractivity contribution in [2.24, 2.45) is 0 Å². The third-order valence-corrected chi connectivity index (χ3v) is 4.32. The SMILES string of the molecule is BrCCCCCCCCOc1ccc(-c2ccccc2)cc1. The second-order valence-electron chi connectivity index (χ2n) is 5.55. The monoisotopic (exact) mass is 360 g/mol. The van der Waals surface area contributed by atoms with Gasteiger partial charge in [-0.2, -0.15) is 0 Å². The Morgan fingerprint density at radius 2 is 1.23 bits per heavy atom. The number of unbranched alkanes of at least 4 members (excludes halogenated alkanes) is 5. The second-order valence-corrected chi connectivity index (χ2v) is 6.34. The van der Waals surface area contributed by atoms with Gasteiger partial charge < -0.3 is 4.74 Å². The van der Waals surface area contributed by atoms with Crippen LogP contribution in [0.15, 0.2) is 54.6 Å². The number of halogens is 1. The number of rotatable bonds is 10. The first kappa shape index (κ1) is 17.1. The van der Waals surface area contributed by atoms with Gasteiger partial charge in [0.05, 0.1) is 6.61 Å². The Morgan fingerprint density at radius 1 is 0.636 bits per heavy atom. The van der Waals surface area contributed by atoms with Crippen molar-refractivity contribution in [3.8, 4) is 16.9 Å². The third-order valence-electron chi connectivity index (χ3n) is 3.76. The van der Waals surface area contributed by atoms with Crippen molar-refractivity contribution in [1.29, 1.82) is 0 Å². The number of ether oxygens (including phenoxy) is 1. The van der Waals surface area contributed by atoms with Crippen LogP contribution in [0.5, 0.6) is 5.75 Å². The highest BCUT2D eigenvalue weighted by Crippen LogP contribution is 2.22. The first-order valence-corrected chi connectivity index (χ1v) is 9.36. The molecule has 0 saturated carbocycles. The van der Waals surface area contributed by atoms with Crippen molar-refractivity contribution in [3.05, 3.63) is 54.6 Å². The number of benzene rings is 2. The molecule has 0 aliphatic heterocycles. The van der Waals surface area contributed by atoms with Crippen molar-refractivity contribution in [2.75, 3.05) is 11.9 Å². The fourth-order valence-corrected chi connectivity index (χ4v) is 2.86. The molecule has 0 aromatic heterocycles. The van der Waals surface area contributed by atoms with E-state index in [4.69, 9.17) is 4.74 Å². The Kier molecular flexibility index (Phi) is 8.11. The topological polar surface area (TPSA) is 9.23 Å². The van der Waals surface area contributed by atoms with Crippen molar-refractivity contribution >= 4 is 15.9 Å². The Hall–Kier alpha value is -1.28. The van der Waals surface area contributed by atoms with Gasteiger partial charge in [0.1, 0.15) is 5.75 Å². The van der Waals surface area contributed by atoms with E-state index in [0.717, 1.165) is 24.1 Å². The molecule has 2 aromatic rings. The summed E-state index contributed by atoms with van der Waals surface area (Å²) in [6, 6.07) is 18.8. The predicted molar refractivity (Wildman–Crippen MR) is 98.9 cm³/mol. The lowest BCUT2D eigenvalue weighted by Crippen LogP contribution is -1.97. The quantitative estimate of drug-likeness (QED) is 0.348. The summed E-state index contributed by atoms with van der Waals surface area (Å²) in [5.41, 5.74) is 2.48. The van der Waals surface area contributed by atoms with Gasteiger partial charge in [-0.3, -0.25) is 0 Å². The summed E-state index contributed by atoms with van der Waals surface area (Å²) in [5.74, 6) is 0.971. The lowest BCUT2D eigenvalue weighted by Gasteiger charge is -2.07. The largest absolute Gasteiger partial charge is 0.494 e. The smallest absolute Gasteiger partial charge is 0.119 e. The van der Waals surface area contributed by atoms with Crippen molar-refractivity contribution in [3.63, 3.8) is 0 Å². The van der Waals surface area contributed by atoms with E-state index in [1.54, 1.807) is 0 Å². The maximum Gasteiger partial charge on any atom is 0.119 e. The molecule has 0 radical (unpaired) electrons. The standard InChI is InChI=1S/C20H25BrO/c21-16-8-3-1-2-4-9-17-22-20-14-12-19(13-15-20)18-10-6-5-7-11-18/h5-7,10-15H,1-4,8-9,16-17H2. The maximum absolute atomic E-state index is 5.82.